The third kappa shape index (κ3) is 5.02. The van der Waals surface area contributed by atoms with Crippen LogP contribution in [0.3, 0.4) is 0 Å². The number of fused-ring (bicyclic) bond motifs is 1. The number of unbranched alkanes of at least 4 members (excludes halogenated alkanes) is 1. The van der Waals surface area contributed by atoms with Gasteiger partial charge in [-0.25, -0.2) is 0 Å². The molecule has 0 bridgehead atoms. The summed E-state index contributed by atoms with van der Waals surface area (Å²) in [6.07, 6.45) is 4.40. The van der Waals surface area contributed by atoms with E-state index in [2.05, 4.69) is 17.4 Å². The van der Waals surface area contributed by atoms with Crippen LogP contribution in [-0.2, 0) is 11.2 Å². The fourth-order valence-electron chi connectivity index (χ4n) is 2.24. The van der Waals surface area contributed by atoms with Crippen LogP contribution < -0.4 is 14.8 Å². The molecular weight excluding hydrogens is 254 g/mol. The van der Waals surface area contributed by atoms with E-state index in [0.717, 1.165) is 57.3 Å². The summed E-state index contributed by atoms with van der Waals surface area (Å²) in [6.45, 7) is 4.26. The highest BCUT2D eigenvalue weighted by Gasteiger charge is 2.10. The molecule has 1 aliphatic heterocycles. The second kappa shape index (κ2) is 8.82. The predicted octanol–water partition coefficient (Wildman–Crippen LogP) is 2.41. The van der Waals surface area contributed by atoms with Crippen LogP contribution in [-0.4, -0.2) is 40.0 Å². The lowest BCUT2D eigenvalue weighted by Crippen LogP contribution is -2.20. The van der Waals surface area contributed by atoms with Gasteiger partial charge in [0.05, 0.1) is 19.8 Å². The zero-order valence-corrected chi connectivity index (χ0v) is 12.3. The van der Waals surface area contributed by atoms with Crippen molar-refractivity contribution in [1.82, 2.24) is 5.32 Å². The van der Waals surface area contributed by atoms with Crippen molar-refractivity contribution in [1.29, 1.82) is 0 Å². The third-order valence-electron chi connectivity index (χ3n) is 3.36. The van der Waals surface area contributed by atoms with E-state index in [-0.39, 0.29) is 0 Å². The van der Waals surface area contributed by atoms with Gasteiger partial charge < -0.3 is 19.5 Å². The highest BCUT2D eigenvalue weighted by atomic mass is 16.5. The number of benzene rings is 1. The van der Waals surface area contributed by atoms with Crippen molar-refractivity contribution in [3.05, 3.63) is 23.8 Å². The summed E-state index contributed by atoms with van der Waals surface area (Å²) >= 11 is 0. The van der Waals surface area contributed by atoms with Crippen LogP contribution >= 0.6 is 0 Å². The maximum Gasteiger partial charge on any atom is 0.161 e. The Morgan fingerprint density at radius 3 is 2.80 bits per heavy atom. The number of hydrogen-bond acceptors (Lipinski definition) is 4. The Balaban J connectivity index is 1.69. The van der Waals surface area contributed by atoms with Crippen LogP contribution in [0.4, 0.5) is 0 Å². The number of rotatable bonds is 8. The molecule has 4 nitrogen and oxygen atoms in total. The summed E-state index contributed by atoms with van der Waals surface area (Å²) in [5, 5.41) is 3.36. The molecule has 1 aliphatic rings. The van der Waals surface area contributed by atoms with Gasteiger partial charge in [-0.15, -0.1) is 0 Å². The van der Waals surface area contributed by atoms with Gasteiger partial charge >= 0.3 is 0 Å². The molecule has 0 unspecified atom stereocenters. The summed E-state index contributed by atoms with van der Waals surface area (Å²) in [7, 11) is 1.73. The van der Waals surface area contributed by atoms with Crippen LogP contribution in [0.1, 0.15) is 24.8 Å². The molecule has 0 fully saturated rings. The van der Waals surface area contributed by atoms with E-state index >= 15 is 0 Å². The van der Waals surface area contributed by atoms with Crippen molar-refractivity contribution in [2.45, 2.75) is 25.7 Å². The lowest BCUT2D eigenvalue weighted by Gasteiger charge is -2.09. The van der Waals surface area contributed by atoms with Gasteiger partial charge in [-0.1, -0.05) is 6.07 Å². The lowest BCUT2D eigenvalue weighted by molar-refractivity contribution is 0.199. The molecule has 20 heavy (non-hydrogen) atoms. The van der Waals surface area contributed by atoms with Gasteiger partial charge in [0.25, 0.3) is 0 Å². The standard InChI is InChI=1S/C16H25NO3/c1-18-12-9-17-8-3-2-5-14-6-7-15-16(13-14)20-11-4-10-19-15/h6-7,13,17H,2-5,8-12H2,1H3. The fourth-order valence-corrected chi connectivity index (χ4v) is 2.24. The van der Waals surface area contributed by atoms with Crippen LogP contribution in [0.5, 0.6) is 11.5 Å². The van der Waals surface area contributed by atoms with Gasteiger partial charge in [-0.05, 0) is 43.5 Å². The van der Waals surface area contributed by atoms with Crippen LogP contribution in [0.15, 0.2) is 18.2 Å². The van der Waals surface area contributed by atoms with E-state index in [4.69, 9.17) is 14.2 Å². The zero-order chi connectivity index (χ0) is 14.0. The third-order valence-corrected chi connectivity index (χ3v) is 3.36. The summed E-state index contributed by atoms with van der Waals surface area (Å²) in [4.78, 5) is 0. The Labute approximate surface area is 121 Å². The molecular formula is C16H25NO3. The Hall–Kier alpha value is -1.26. The molecule has 1 heterocycles. The summed E-state index contributed by atoms with van der Waals surface area (Å²) in [5.41, 5.74) is 1.33. The van der Waals surface area contributed by atoms with Crippen molar-refractivity contribution >= 4 is 0 Å². The van der Waals surface area contributed by atoms with E-state index < -0.39 is 0 Å². The van der Waals surface area contributed by atoms with Crippen LogP contribution in [0.25, 0.3) is 0 Å². The average Bonchev–Trinajstić information content (AvgIpc) is 2.71. The Bertz CT molecular complexity index is 395. The van der Waals surface area contributed by atoms with Crippen molar-refractivity contribution in [3.63, 3.8) is 0 Å². The normalized spacial score (nSPS) is 14.1. The maximum atomic E-state index is 5.71. The molecule has 0 saturated heterocycles. The largest absolute Gasteiger partial charge is 0.490 e. The quantitative estimate of drug-likeness (QED) is 0.742. The second-order valence-electron chi connectivity index (χ2n) is 5.03. The van der Waals surface area contributed by atoms with E-state index in [1.54, 1.807) is 7.11 Å². The van der Waals surface area contributed by atoms with Crippen LogP contribution in [0.2, 0.25) is 0 Å². The van der Waals surface area contributed by atoms with Gasteiger partial charge in [-0.2, -0.15) is 0 Å². The van der Waals surface area contributed by atoms with Crippen molar-refractivity contribution in [2.24, 2.45) is 0 Å². The molecule has 2 rings (SSSR count). The first-order chi connectivity index (χ1) is 9.90. The van der Waals surface area contributed by atoms with Gasteiger partial charge in [0.1, 0.15) is 0 Å². The topological polar surface area (TPSA) is 39.7 Å². The van der Waals surface area contributed by atoms with Crippen molar-refractivity contribution < 1.29 is 14.2 Å². The monoisotopic (exact) mass is 279 g/mol. The van der Waals surface area contributed by atoms with Crippen LogP contribution in [0, 0.1) is 0 Å². The van der Waals surface area contributed by atoms with Gasteiger partial charge in [0, 0.05) is 20.1 Å². The summed E-state index contributed by atoms with van der Waals surface area (Å²) in [6, 6.07) is 6.30. The highest BCUT2D eigenvalue weighted by Crippen LogP contribution is 2.30. The average molecular weight is 279 g/mol. The van der Waals surface area contributed by atoms with E-state index in [1.807, 2.05) is 6.07 Å². The van der Waals surface area contributed by atoms with E-state index in [9.17, 15) is 0 Å². The molecule has 112 valence electrons. The van der Waals surface area contributed by atoms with Gasteiger partial charge in [0.15, 0.2) is 11.5 Å². The molecule has 0 atom stereocenters. The predicted molar refractivity (Wildman–Crippen MR) is 79.7 cm³/mol. The molecule has 0 aliphatic carbocycles. The number of nitrogens with one attached hydrogen (secondary N) is 1. The number of ether oxygens (including phenoxy) is 3. The highest BCUT2D eigenvalue weighted by molar-refractivity contribution is 5.43. The van der Waals surface area contributed by atoms with Gasteiger partial charge in [-0.3, -0.25) is 0 Å². The molecule has 4 heteroatoms. The van der Waals surface area contributed by atoms with Gasteiger partial charge in [0.2, 0.25) is 0 Å². The lowest BCUT2D eigenvalue weighted by atomic mass is 10.1. The first-order valence-corrected chi connectivity index (χ1v) is 7.48. The Kier molecular flexibility index (Phi) is 6.68. The Morgan fingerprint density at radius 1 is 1.10 bits per heavy atom. The molecule has 0 amide bonds. The smallest absolute Gasteiger partial charge is 0.161 e. The van der Waals surface area contributed by atoms with E-state index in [0.29, 0.717) is 0 Å². The minimum absolute atomic E-state index is 0.749. The molecule has 1 N–H and O–H groups in total. The SMILES string of the molecule is COCCNCCCCc1ccc2c(c1)OCCCO2. The molecule has 0 aromatic heterocycles. The van der Waals surface area contributed by atoms with Crippen molar-refractivity contribution in [2.75, 3.05) is 40.0 Å². The molecule has 0 radical (unpaired) electrons. The number of aryl methyl sites for hydroxylation is 1. The minimum Gasteiger partial charge on any atom is -0.490 e. The second-order valence-corrected chi connectivity index (χ2v) is 5.03. The van der Waals surface area contributed by atoms with E-state index in [1.165, 1.54) is 18.4 Å². The maximum absolute atomic E-state index is 5.71. The summed E-state index contributed by atoms with van der Waals surface area (Å²) in [5.74, 6) is 1.78. The summed E-state index contributed by atoms with van der Waals surface area (Å²) < 4.78 is 16.3. The molecule has 1 aromatic rings. The Morgan fingerprint density at radius 2 is 1.95 bits per heavy atom. The zero-order valence-electron chi connectivity index (χ0n) is 12.3. The molecule has 0 saturated carbocycles. The number of methoxy groups -OCH3 is 1. The first kappa shape index (κ1) is 15.1. The van der Waals surface area contributed by atoms with Crippen molar-refractivity contribution in [3.8, 4) is 11.5 Å². The molecule has 1 aromatic carbocycles. The molecule has 0 spiro atoms. The first-order valence-electron chi connectivity index (χ1n) is 7.48. The number of hydrogen-bond donors (Lipinski definition) is 1. The minimum atomic E-state index is 0.749. The fraction of sp³-hybridized carbons (Fsp3) is 0.625.